The van der Waals surface area contributed by atoms with E-state index in [0.29, 0.717) is 5.82 Å². The molecule has 6 heteroatoms. The summed E-state index contributed by atoms with van der Waals surface area (Å²) in [6, 6.07) is -0.414. The lowest BCUT2D eigenvalue weighted by Gasteiger charge is -2.10. The Morgan fingerprint density at radius 1 is 1.58 bits per heavy atom. The van der Waals surface area contributed by atoms with Crippen molar-refractivity contribution >= 4 is 23.2 Å². The first-order valence-corrected chi connectivity index (χ1v) is 4.12. The smallest absolute Gasteiger partial charge is 0.166 e. The Hall–Kier alpha value is -0.290. The molecule has 68 valence electrons. The third kappa shape index (κ3) is 1.90. The van der Waals surface area contributed by atoms with Crippen LogP contribution in [0.25, 0.3) is 0 Å². The molecule has 1 aromatic heterocycles. The number of rotatable bonds is 2. The van der Waals surface area contributed by atoms with E-state index in [9.17, 15) is 5.11 Å². The van der Waals surface area contributed by atoms with Crippen molar-refractivity contribution in [3.05, 3.63) is 16.1 Å². The van der Waals surface area contributed by atoms with E-state index in [1.807, 2.05) is 0 Å². The first-order valence-electron chi connectivity index (χ1n) is 3.37. The van der Waals surface area contributed by atoms with Crippen LogP contribution in [0.5, 0.6) is 0 Å². The largest absolute Gasteiger partial charge is 0.384 e. The molecule has 1 heterocycles. The highest BCUT2D eigenvalue weighted by Crippen LogP contribution is 2.22. The molecule has 0 unspecified atom stereocenters. The SMILES string of the molecule is C[C@H](N)[C@@H](O)c1nc(Cl)c(Cl)[nH]1. The Balaban J connectivity index is 2.89. The van der Waals surface area contributed by atoms with Gasteiger partial charge in [-0.2, -0.15) is 0 Å². The van der Waals surface area contributed by atoms with Gasteiger partial charge in [0.25, 0.3) is 0 Å². The minimum atomic E-state index is -0.866. The molecule has 0 saturated carbocycles. The van der Waals surface area contributed by atoms with Crippen molar-refractivity contribution in [3.63, 3.8) is 0 Å². The van der Waals surface area contributed by atoms with Gasteiger partial charge in [0.1, 0.15) is 17.1 Å². The summed E-state index contributed by atoms with van der Waals surface area (Å²) in [5, 5.41) is 9.76. The molecule has 0 bridgehead atoms. The van der Waals surface area contributed by atoms with Gasteiger partial charge in [0.05, 0.1) is 0 Å². The molecule has 0 amide bonds. The number of hydrogen-bond acceptors (Lipinski definition) is 3. The highest BCUT2D eigenvalue weighted by atomic mass is 35.5. The second-order valence-corrected chi connectivity index (χ2v) is 3.27. The van der Waals surface area contributed by atoms with E-state index in [1.54, 1.807) is 6.92 Å². The fourth-order valence-corrected chi connectivity index (χ4v) is 1.01. The molecule has 0 fully saturated rings. The lowest BCUT2D eigenvalue weighted by atomic mass is 10.2. The van der Waals surface area contributed by atoms with Crippen molar-refractivity contribution in [2.24, 2.45) is 5.73 Å². The maximum atomic E-state index is 9.40. The van der Waals surface area contributed by atoms with Crippen LogP contribution in [0, 0.1) is 0 Å². The van der Waals surface area contributed by atoms with Crippen LogP contribution in [0.4, 0.5) is 0 Å². The zero-order valence-electron chi connectivity index (χ0n) is 6.38. The van der Waals surface area contributed by atoms with Gasteiger partial charge in [-0.1, -0.05) is 23.2 Å². The molecule has 0 aliphatic carbocycles. The highest BCUT2D eigenvalue weighted by Gasteiger charge is 2.17. The van der Waals surface area contributed by atoms with E-state index in [2.05, 4.69) is 9.97 Å². The topological polar surface area (TPSA) is 74.9 Å². The number of nitrogens with one attached hydrogen (secondary N) is 1. The number of aromatic amines is 1. The van der Waals surface area contributed by atoms with Gasteiger partial charge >= 0.3 is 0 Å². The summed E-state index contributed by atoms with van der Waals surface area (Å²) in [4.78, 5) is 6.40. The van der Waals surface area contributed by atoms with Crippen LogP contribution >= 0.6 is 23.2 Å². The highest BCUT2D eigenvalue weighted by molar-refractivity contribution is 6.40. The van der Waals surface area contributed by atoms with Crippen molar-refractivity contribution in [2.75, 3.05) is 0 Å². The fraction of sp³-hybridized carbons (Fsp3) is 0.500. The Kier molecular flexibility index (Phi) is 2.95. The number of H-pyrrole nitrogens is 1. The van der Waals surface area contributed by atoms with Crippen molar-refractivity contribution in [2.45, 2.75) is 19.1 Å². The van der Waals surface area contributed by atoms with Crippen LogP contribution in [0.2, 0.25) is 10.3 Å². The van der Waals surface area contributed by atoms with E-state index in [1.165, 1.54) is 0 Å². The van der Waals surface area contributed by atoms with Gasteiger partial charge in [0.15, 0.2) is 5.15 Å². The number of nitrogens with zero attached hydrogens (tertiary/aromatic N) is 1. The maximum absolute atomic E-state index is 9.40. The molecule has 0 radical (unpaired) electrons. The number of halogens is 2. The summed E-state index contributed by atoms with van der Waals surface area (Å²) in [6.45, 7) is 1.66. The third-order valence-electron chi connectivity index (χ3n) is 1.42. The van der Waals surface area contributed by atoms with Crippen LogP contribution in [0.3, 0.4) is 0 Å². The quantitative estimate of drug-likeness (QED) is 0.684. The van der Waals surface area contributed by atoms with Gasteiger partial charge in [-0.15, -0.1) is 0 Å². The third-order valence-corrected chi connectivity index (χ3v) is 2.06. The minimum absolute atomic E-state index is 0.145. The van der Waals surface area contributed by atoms with Gasteiger partial charge in [-0.3, -0.25) is 0 Å². The summed E-state index contributed by atoms with van der Waals surface area (Å²) in [5.74, 6) is 0.292. The Morgan fingerprint density at radius 3 is 2.50 bits per heavy atom. The molecule has 4 N–H and O–H groups in total. The van der Waals surface area contributed by atoms with E-state index >= 15 is 0 Å². The lowest BCUT2D eigenvalue weighted by Crippen LogP contribution is -2.25. The second kappa shape index (κ2) is 3.62. The Morgan fingerprint density at radius 2 is 2.17 bits per heavy atom. The molecule has 4 nitrogen and oxygen atoms in total. The molecule has 1 aromatic rings. The molecule has 1 rings (SSSR count). The fourth-order valence-electron chi connectivity index (χ4n) is 0.736. The predicted molar refractivity (Wildman–Crippen MR) is 47.2 cm³/mol. The number of aliphatic hydroxyl groups is 1. The zero-order chi connectivity index (χ0) is 9.30. The molecular formula is C6H9Cl2N3O. The van der Waals surface area contributed by atoms with Crippen LogP contribution < -0.4 is 5.73 Å². The predicted octanol–water partition coefficient (Wildman–Crippen LogP) is 1.10. The summed E-state index contributed by atoms with van der Waals surface area (Å²) < 4.78 is 0. The van der Waals surface area contributed by atoms with Crippen LogP contribution in [-0.2, 0) is 0 Å². The molecular weight excluding hydrogens is 201 g/mol. The Labute approximate surface area is 79.7 Å². The molecule has 12 heavy (non-hydrogen) atoms. The van der Waals surface area contributed by atoms with Crippen molar-refractivity contribution in [1.82, 2.24) is 9.97 Å². The second-order valence-electron chi connectivity index (χ2n) is 2.53. The minimum Gasteiger partial charge on any atom is -0.384 e. The summed E-state index contributed by atoms with van der Waals surface area (Å²) in [6.07, 6.45) is -0.866. The van der Waals surface area contributed by atoms with E-state index in [-0.39, 0.29) is 10.3 Å². The van der Waals surface area contributed by atoms with Gasteiger partial charge in [-0.05, 0) is 6.92 Å². The first-order chi connectivity index (χ1) is 5.52. The Bertz CT molecular complexity index is 254. The number of aromatic nitrogens is 2. The van der Waals surface area contributed by atoms with Crippen molar-refractivity contribution in [3.8, 4) is 0 Å². The zero-order valence-corrected chi connectivity index (χ0v) is 7.89. The van der Waals surface area contributed by atoms with Crippen LogP contribution in [-0.4, -0.2) is 21.1 Å². The summed E-state index contributed by atoms with van der Waals surface area (Å²) in [5.41, 5.74) is 5.43. The average Bonchev–Trinajstić information content (AvgIpc) is 2.30. The first kappa shape index (κ1) is 9.80. The molecule has 2 atom stereocenters. The number of hydrogen-bond donors (Lipinski definition) is 3. The van der Waals surface area contributed by atoms with Crippen molar-refractivity contribution in [1.29, 1.82) is 0 Å². The van der Waals surface area contributed by atoms with Crippen LogP contribution in [0.1, 0.15) is 18.9 Å². The summed E-state index contributed by atoms with van der Waals surface area (Å²) >= 11 is 11.1. The van der Waals surface area contributed by atoms with E-state index < -0.39 is 12.1 Å². The number of aliphatic hydroxyl groups excluding tert-OH is 1. The molecule has 0 aromatic carbocycles. The van der Waals surface area contributed by atoms with Gasteiger partial charge in [0, 0.05) is 6.04 Å². The van der Waals surface area contributed by atoms with Crippen LogP contribution in [0.15, 0.2) is 0 Å². The average molecular weight is 210 g/mol. The monoisotopic (exact) mass is 209 g/mol. The normalized spacial score (nSPS) is 16.1. The van der Waals surface area contributed by atoms with E-state index in [4.69, 9.17) is 28.9 Å². The molecule has 0 aliphatic heterocycles. The summed E-state index contributed by atoms with van der Waals surface area (Å²) in [7, 11) is 0. The standard InChI is InChI=1S/C6H9Cl2N3O/c1-2(9)3(12)6-10-4(7)5(8)11-6/h2-3,12H,9H2,1H3,(H,10,11)/t2-,3+/m0/s1. The lowest BCUT2D eigenvalue weighted by molar-refractivity contribution is 0.145. The van der Waals surface area contributed by atoms with Gasteiger partial charge < -0.3 is 15.8 Å². The molecule has 0 saturated heterocycles. The van der Waals surface area contributed by atoms with E-state index in [0.717, 1.165) is 0 Å². The van der Waals surface area contributed by atoms with Gasteiger partial charge in [0.2, 0.25) is 0 Å². The molecule has 0 aliphatic rings. The number of nitrogens with two attached hydrogens (primary N) is 1. The van der Waals surface area contributed by atoms with Gasteiger partial charge in [-0.25, -0.2) is 4.98 Å². The van der Waals surface area contributed by atoms with Crippen molar-refractivity contribution < 1.29 is 5.11 Å². The molecule has 0 spiro atoms. The maximum Gasteiger partial charge on any atom is 0.166 e. The number of imidazole rings is 1.